The molecule has 0 spiro atoms. The van der Waals surface area contributed by atoms with Gasteiger partial charge in [-0.1, -0.05) is 6.07 Å². The number of morpholine rings is 1. The maximum atomic E-state index is 12.9. The molecule has 3 rings (SSSR count). The number of hydrogen-bond donors (Lipinski definition) is 1. The number of aromatic nitrogens is 1. The lowest BCUT2D eigenvalue weighted by atomic mass is 10.2. The van der Waals surface area contributed by atoms with Gasteiger partial charge in [0.05, 0.1) is 35.9 Å². The van der Waals surface area contributed by atoms with Gasteiger partial charge in [0, 0.05) is 24.2 Å². The zero-order valence-corrected chi connectivity index (χ0v) is 16.6. The highest BCUT2D eigenvalue weighted by Crippen LogP contribution is 2.25. The fourth-order valence-corrected chi connectivity index (χ4v) is 4.31. The van der Waals surface area contributed by atoms with Crippen LogP contribution in [0.1, 0.15) is 16.1 Å². The molecule has 0 unspecified atom stereocenters. The summed E-state index contributed by atoms with van der Waals surface area (Å²) >= 11 is 1.41. The van der Waals surface area contributed by atoms with Crippen LogP contribution in [-0.2, 0) is 21.3 Å². The van der Waals surface area contributed by atoms with Gasteiger partial charge in [0.2, 0.25) is 10.0 Å². The summed E-state index contributed by atoms with van der Waals surface area (Å²) in [7, 11) is -3.76. The summed E-state index contributed by atoms with van der Waals surface area (Å²) in [5.74, 6) is -0.176. The van der Waals surface area contributed by atoms with E-state index in [1.807, 2.05) is 6.26 Å². The van der Waals surface area contributed by atoms with Crippen molar-refractivity contribution in [3.63, 3.8) is 0 Å². The van der Waals surface area contributed by atoms with E-state index in [1.54, 1.807) is 35.4 Å². The lowest BCUT2D eigenvalue weighted by molar-refractivity contribution is 0.0300. The van der Waals surface area contributed by atoms with Crippen LogP contribution >= 0.6 is 11.8 Å². The quantitative estimate of drug-likeness (QED) is 0.734. The molecule has 1 N–H and O–H groups in total. The van der Waals surface area contributed by atoms with Crippen molar-refractivity contribution in [2.24, 2.45) is 0 Å². The minimum Gasteiger partial charge on any atom is -0.378 e. The first kappa shape index (κ1) is 19.8. The first-order valence-corrected chi connectivity index (χ1v) is 11.2. The predicted molar refractivity (Wildman–Crippen MR) is 103 cm³/mol. The number of pyridine rings is 1. The topological polar surface area (TPSA) is 88.6 Å². The Morgan fingerprint density at radius 1 is 1.26 bits per heavy atom. The highest BCUT2D eigenvalue weighted by Gasteiger charge is 2.24. The summed E-state index contributed by atoms with van der Waals surface area (Å²) in [4.78, 5) is 19.5. The molecule has 1 aromatic heterocycles. The van der Waals surface area contributed by atoms with Crippen molar-refractivity contribution >= 4 is 27.7 Å². The molecule has 9 heteroatoms. The molecule has 2 heterocycles. The van der Waals surface area contributed by atoms with E-state index in [0.29, 0.717) is 37.6 Å². The zero-order chi connectivity index (χ0) is 19.3. The second kappa shape index (κ2) is 8.83. The van der Waals surface area contributed by atoms with Crippen LogP contribution in [0.4, 0.5) is 0 Å². The molecule has 27 heavy (non-hydrogen) atoms. The van der Waals surface area contributed by atoms with Gasteiger partial charge in [0.15, 0.2) is 0 Å². The van der Waals surface area contributed by atoms with E-state index in [2.05, 4.69) is 9.71 Å². The molecule has 1 fully saturated rings. The van der Waals surface area contributed by atoms with Gasteiger partial charge in [-0.2, -0.15) is 0 Å². The molecule has 1 aliphatic rings. The Balaban J connectivity index is 1.84. The smallest absolute Gasteiger partial charge is 0.255 e. The molecule has 7 nitrogen and oxygen atoms in total. The van der Waals surface area contributed by atoms with Crippen LogP contribution in [0.5, 0.6) is 0 Å². The van der Waals surface area contributed by atoms with Crippen LogP contribution in [0.3, 0.4) is 0 Å². The molecule has 1 amide bonds. The normalized spacial score (nSPS) is 14.9. The maximum Gasteiger partial charge on any atom is 0.255 e. The number of ether oxygens (including phenoxy) is 1. The van der Waals surface area contributed by atoms with Crippen LogP contribution in [0.15, 0.2) is 52.4 Å². The number of thioether (sulfide) groups is 1. The number of amides is 1. The van der Waals surface area contributed by atoms with Crippen LogP contribution in [0.25, 0.3) is 0 Å². The third-order valence-electron chi connectivity index (χ3n) is 4.18. The van der Waals surface area contributed by atoms with Crippen molar-refractivity contribution in [2.75, 3.05) is 32.6 Å². The Bertz CT molecular complexity index is 898. The highest BCUT2D eigenvalue weighted by molar-refractivity contribution is 7.98. The Hall–Kier alpha value is -1.94. The Labute approximate surface area is 163 Å². The van der Waals surface area contributed by atoms with E-state index in [4.69, 9.17) is 4.74 Å². The first-order valence-electron chi connectivity index (χ1n) is 8.46. The first-order chi connectivity index (χ1) is 13.0. The Morgan fingerprint density at radius 3 is 2.70 bits per heavy atom. The molecular formula is C18H21N3O4S2. The number of benzene rings is 1. The largest absolute Gasteiger partial charge is 0.378 e. The SMILES string of the molecule is CSc1ccc(S(=O)(=O)NCc2ccccn2)cc1C(=O)N1CCOCC1. The van der Waals surface area contributed by atoms with Crippen molar-refractivity contribution in [2.45, 2.75) is 16.3 Å². The molecule has 144 valence electrons. The second-order valence-corrected chi connectivity index (χ2v) is 8.53. The van der Waals surface area contributed by atoms with E-state index in [-0.39, 0.29) is 17.3 Å². The molecule has 0 aliphatic carbocycles. The number of nitrogens with zero attached hydrogens (tertiary/aromatic N) is 2. The van der Waals surface area contributed by atoms with Gasteiger partial charge >= 0.3 is 0 Å². The number of carbonyl (C=O) groups excluding carboxylic acids is 1. The van der Waals surface area contributed by atoms with E-state index in [0.717, 1.165) is 4.90 Å². The molecule has 1 aromatic carbocycles. The summed E-state index contributed by atoms with van der Waals surface area (Å²) in [5.41, 5.74) is 1.01. The van der Waals surface area contributed by atoms with Gasteiger partial charge in [-0.05, 0) is 36.6 Å². The molecule has 1 saturated heterocycles. The second-order valence-electron chi connectivity index (χ2n) is 5.91. The monoisotopic (exact) mass is 407 g/mol. The molecular weight excluding hydrogens is 386 g/mol. The lowest BCUT2D eigenvalue weighted by Crippen LogP contribution is -2.41. The number of carbonyl (C=O) groups is 1. The van der Waals surface area contributed by atoms with E-state index >= 15 is 0 Å². The molecule has 0 bridgehead atoms. The van der Waals surface area contributed by atoms with Crippen molar-refractivity contribution in [3.05, 3.63) is 53.9 Å². The third-order valence-corrected chi connectivity index (χ3v) is 6.37. The average Bonchev–Trinajstić information content (AvgIpc) is 2.72. The van der Waals surface area contributed by atoms with E-state index in [1.165, 1.54) is 23.9 Å². The number of hydrogen-bond acceptors (Lipinski definition) is 6. The van der Waals surface area contributed by atoms with E-state index < -0.39 is 10.0 Å². The minimum absolute atomic E-state index is 0.0628. The number of rotatable bonds is 6. The summed E-state index contributed by atoms with van der Waals surface area (Å²) < 4.78 is 33.1. The summed E-state index contributed by atoms with van der Waals surface area (Å²) in [5, 5.41) is 0. The van der Waals surface area contributed by atoms with Gasteiger partial charge in [-0.15, -0.1) is 11.8 Å². The standard InChI is InChI=1S/C18H21N3O4S2/c1-26-17-6-5-15(12-16(17)18(22)21-8-10-25-11-9-21)27(23,24)20-13-14-4-2-3-7-19-14/h2-7,12,20H,8-11,13H2,1H3. The van der Waals surface area contributed by atoms with Crippen LogP contribution < -0.4 is 4.72 Å². The van der Waals surface area contributed by atoms with Crippen molar-refractivity contribution < 1.29 is 17.9 Å². The number of nitrogens with one attached hydrogen (secondary N) is 1. The van der Waals surface area contributed by atoms with Gasteiger partial charge in [0.1, 0.15) is 0 Å². The Morgan fingerprint density at radius 2 is 2.04 bits per heavy atom. The summed E-state index contributed by atoms with van der Waals surface area (Å²) in [6.45, 7) is 2.07. The van der Waals surface area contributed by atoms with Crippen molar-refractivity contribution in [1.29, 1.82) is 0 Å². The average molecular weight is 408 g/mol. The Kier molecular flexibility index (Phi) is 6.48. The fraction of sp³-hybridized carbons (Fsp3) is 0.333. The van der Waals surface area contributed by atoms with E-state index in [9.17, 15) is 13.2 Å². The maximum absolute atomic E-state index is 12.9. The van der Waals surface area contributed by atoms with Gasteiger partial charge in [-0.3, -0.25) is 9.78 Å². The van der Waals surface area contributed by atoms with Crippen molar-refractivity contribution in [3.8, 4) is 0 Å². The molecule has 0 atom stereocenters. The fourth-order valence-electron chi connectivity index (χ4n) is 2.71. The predicted octanol–water partition coefficient (Wildman–Crippen LogP) is 1.75. The van der Waals surface area contributed by atoms with Gasteiger partial charge in [0.25, 0.3) is 5.91 Å². The van der Waals surface area contributed by atoms with Crippen LogP contribution in [0.2, 0.25) is 0 Å². The summed E-state index contributed by atoms with van der Waals surface area (Å²) in [6, 6.07) is 9.94. The van der Waals surface area contributed by atoms with Crippen LogP contribution in [-0.4, -0.2) is 56.8 Å². The molecule has 0 radical (unpaired) electrons. The molecule has 1 aliphatic heterocycles. The zero-order valence-electron chi connectivity index (χ0n) is 14.9. The van der Waals surface area contributed by atoms with Gasteiger partial charge in [-0.25, -0.2) is 13.1 Å². The lowest BCUT2D eigenvalue weighted by Gasteiger charge is -2.27. The third kappa shape index (κ3) is 4.86. The minimum atomic E-state index is -3.76. The highest BCUT2D eigenvalue weighted by atomic mass is 32.2. The molecule has 2 aromatic rings. The van der Waals surface area contributed by atoms with Crippen LogP contribution in [0, 0.1) is 0 Å². The molecule has 0 saturated carbocycles. The number of sulfonamides is 1. The summed E-state index contributed by atoms with van der Waals surface area (Å²) in [6.07, 6.45) is 3.47. The van der Waals surface area contributed by atoms with Gasteiger partial charge < -0.3 is 9.64 Å². The van der Waals surface area contributed by atoms with Crippen molar-refractivity contribution in [1.82, 2.24) is 14.6 Å².